The number of piperazine rings is 1. The van der Waals surface area contributed by atoms with E-state index >= 15 is 0 Å². The van der Waals surface area contributed by atoms with Crippen molar-refractivity contribution in [3.05, 3.63) is 95.6 Å². The van der Waals surface area contributed by atoms with Crippen LogP contribution in [0.5, 0.6) is 0 Å². The minimum atomic E-state index is 0.0215. The van der Waals surface area contributed by atoms with Crippen LogP contribution in [0.1, 0.15) is 42.9 Å². The summed E-state index contributed by atoms with van der Waals surface area (Å²) in [6.07, 6.45) is 2.46. The van der Waals surface area contributed by atoms with Crippen molar-refractivity contribution in [1.82, 2.24) is 24.6 Å². The van der Waals surface area contributed by atoms with Crippen LogP contribution in [0, 0.1) is 13.8 Å². The number of aryl methyl sites for hydroxylation is 3. The van der Waals surface area contributed by atoms with Crippen LogP contribution < -0.4 is 0 Å². The smallest absolute Gasteiger partial charge is 0.223 e. The van der Waals surface area contributed by atoms with Gasteiger partial charge in [0.25, 0.3) is 0 Å². The summed E-state index contributed by atoms with van der Waals surface area (Å²) in [4.78, 5) is 29.8. The molecule has 42 heavy (non-hydrogen) atoms. The predicted octanol–water partition coefficient (Wildman–Crippen LogP) is 6.12. The number of thioether (sulfide) groups is 1. The summed E-state index contributed by atoms with van der Waals surface area (Å²) in [6, 6.07) is 26.7. The SMILES string of the molecule is Cc1ccc(-c2nnc(SCCCC(=O)N3CCN(C(=O)CCc4ccccc4)C(C)C3)n2-c2ccccc2C)cc1. The molecule has 7 nitrogen and oxygen atoms in total. The molecule has 1 fully saturated rings. The summed E-state index contributed by atoms with van der Waals surface area (Å²) >= 11 is 1.63. The molecular weight excluding hydrogens is 542 g/mol. The fourth-order valence-electron chi connectivity index (χ4n) is 5.42. The van der Waals surface area contributed by atoms with Crippen molar-refractivity contribution in [3.63, 3.8) is 0 Å². The Morgan fingerprint density at radius 2 is 1.60 bits per heavy atom. The summed E-state index contributed by atoms with van der Waals surface area (Å²) in [5.41, 5.74) is 5.60. The first-order valence-electron chi connectivity index (χ1n) is 14.7. The van der Waals surface area contributed by atoms with Gasteiger partial charge in [-0.25, -0.2) is 0 Å². The third-order valence-corrected chi connectivity index (χ3v) is 8.85. The Morgan fingerprint density at radius 1 is 0.857 bits per heavy atom. The first-order valence-corrected chi connectivity index (χ1v) is 15.7. The third-order valence-electron chi connectivity index (χ3n) is 7.84. The Hall–Kier alpha value is -3.91. The van der Waals surface area contributed by atoms with E-state index in [4.69, 9.17) is 0 Å². The normalized spacial score (nSPS) is 15.2. The molecule has 0 bridgehead atoms. The molecule has 1 aromatic heterocycles. The highest BCUT2D eigenvalue weighted by Gasteiger charge is 2.29. The summed E-state index contributed by atoms with van der Waals surface area (Å²) in [5, 5.41) is 9.94. The Labute approximate surface area is 252 Å². The van der Waals surface area contributed by atoms with Crippen LogP contribution in [0.2, 0.25) is 0 Å². The lowest BCUT2D eigenvalue weighted by atomic mass is 10.1. The van der Waals surface area contributed by atoms with E-state index in [9.17, 15) is 9.59 Å². The Morgan fingerprint density at radius 3 is 2.33 bits per heavy atom. The minimum absolute atomic E-state index is 0.0215. The largest absolute Gasteiger partial charge is 0.339 e. The van der Waals surface area contributed by atoms with Crippen molar-refractivity contribution in [3.8, 4) is 17.1 Å². The van der Waals surface area contributed by atoms with Gasteiger partial charge in [0.05, 0.1) is 5.69 Å². The number of rotatable bonds is 10. The van der Waals surface area contributed by atoms with E-state index in [2.05, 4.69) is 77.1 Å². The van der Waals surface area contributed by atoms with E-state index in [-0.39, 0.29) is 17.9 Å². The molecule has 1 saturated heterocycles. The second-order valence-corrected chi connectivity index (χ2v) is 12.1. The van der Waals surface area contributed by atoms with E-state index in [1.54, 1.807) is 11.8 Å². The van der Waals surface area contributed by atoms with Crippen molar-refractivity contribution in [1.29, 1.82) is 0 Å². The van der Waals surface area contributed by atoms with Crippen LogP contribution in [-0.2, 0) is 16.0 Å². The molecule has 2 heterocycles. The second kappa shape index (κ2) is 13.8. The van der Waals surface area contributed by atoms with E-state index < -0.39 is 0 Å². The zero-order valence-electron chi connectivity index (χ0n) is 24.7. The molecule has 1 unspecified atom stereocenters. The average molecular weight is 582 g/mol. The molecule has 2 amide bonds. The molecule has 8 heteroatoms. The average Bonchev–Trinajstić information content (AvgIpc) is 3.42. The first-order chi connectivity index (χ1) is 20.4. The Balaban J connectivity index is 1.14. The van der Waals surface area contributed by atoms with Crippen LogP contribution >= 0.6 is 11.8 Å². The molecular formula is C34H39N5O2S. The summed E-state index contributed by atoms with van der Waals surface area (Å²) < 4.78 is 2.13. The van der Waals surface area contributed by atoms with Gasteiger partial charge in [0.2, 0.25) is 11.8 Å². The molecule has 0 aliphatic carbocycles. The minimum Gasteiger partial charge on any atom is -0.339 e. The van der Waals surface area contributed by atoms with E-state index in [0.29, 0.717) is 32.5 Å². The lowest BCUT2D eigenvalue weighted by molar-refractivity contribution is -0.142. The van der Waals surface area contributed by atoms with Gasteiger partial charge in [-0.1, -0.05) is 90.1 Å². The van der Waals surface area contributed by atoms with Gasteiger partial charge in [-0.15, -0.1) is 10.2 Å². The zero-order valence-corrected chi connectivity index (χ0v) is 25.5. The van der Waals surface area contributed by atoms with Gasteiger partial charge in [0, 0.05) is 49.8 Å². The quantitative estimate of drug-likeness (QED) is 0.167. The highest BCUT2D eigenvalue weighted by atomic mass is 32.2. The van der Waals surface area contributed by atoms with Gasteiger partial charge in [-0.2, -0.15) is 0 Å². The number of amides is 2. The molecule has 0 radical (unpaired) electrons. The van der Waals surface area contributed by atoms with Crippen molar-refractivity contribution in [2.45, 2.75) is 57.7 Å². The number of hydrogen-bond donors (Lipinski definition) is 0. The molecule has 1 aliphatic rings. The fourth-order valence-corrected chi connectivity index (χ4v) is 6.31. The Bertz CT molecular complexity index is 1500. The second-order valence-electron chi connectivity index (χ2n) is 11.0. The topological polar surface area (TPSA) is 71.3 Å². The highest BCUT2D eigenvalue weighted by Crippen LogP contribution is 2.30. The van der Waals surface area contributed by atoms with Crippen molar-refractivity contribution in [2.24, 2.45) is 0 Å². The zero-order chi connectivity index (χ0) is 29.5. The summed E-state index contributed by atoms with van der Waals surface area (Å²) in [6.45, 7) is 7.99. The molecule has 3 aromatic carbocycles. The number of carbonyl (C=O) groups is 2. The molecule has 0 N–H and O–H groups in total. The van der Waals surface area contributed by atoms with Gasteiger partial charge < -0.3 is 9.80 Å². The summed E-state index contributed by atoms with van der Waals surface area (Å²) in [7, 11) is 0. The standard InChI is InChI=1S/C34H39N5O2S/c1-25-15-18-29(19-16-25)33-35-36-34(39(33)30-13-8-7-10-26(30)2)42-23-9-14-31(40)37-21-22-38(27(3)24-37)32(41)20-17-28-11-5-4-6-12-28/h4-8,10-13,15-16,18-19,27H,9,14,17,20-24H2,1-3H3. The van der Waals surface area contributed by atoms with Gasteiger partial charge in [0.15, 0.2) is 11.0 Å². The van der Waals surface area contributed by atoms with Crippen LogP contribution in [0.25, 0.3) is 17.1 Å². The molecule has 5 rings (SSSR count). The van der Waals surface area contributed by atoms with Gasteiger partial charge in [-0.05, 0) is 50.8 Å². The molecule has 0 spiro atoms. The number of hydrogen-bond acceptors (Lipinski definition) is 5. The van der Waals surface area contributed by atoms with Crippen molar-refractivity contribution >= 4 is 23.6 Å². The van der Waals surface area contributed by atoms with Crippen molar-refractivity contribution in [2.75, 3.05) is 25.4 Å². The lowest BCUT2D eigenvalue weighted by Crippen LogP contribution is -2.55. The number of nitrogens with zero attached hydrogens (tertiary/aromatic N) is 5. The lowest BCUT2D eigenvalue weighted by Gasteiger charge is -2.40. The van der Waals surface area contributed by atoms with E-state index in [1.807, 2.05) is 47.1 Å². The maximum Gasteiger partial charge on any atom is 0.223 e. The highest BCUT2D eigenvalue weighted by molar-refractivity contribution is 7.99. The van der Waals surface area contributed by atoms with Crippen molar-refractivity contribution < 1.29 is 9.59 Å². The monoisotopic (exact) mass is 581 g/mol. The van der Waals surface area contributed by atoms with Gasteiger partial charge >= 0.3 is 0 Å². The molecule has 1 atom stereocenters. The van der Waals surface area contributed by atoms with Crippen LogP contribution in [0.4, 0.5) is 0 Å². The molecule has 1 aliphatic heterocycles. The maximum absolute atomic E-state index is 13.1. The number of carbonyl (C=O) groups excluding carboxylic acids is 2. The molecule has 0 saturated carbocycles. The van der Waals surface area contributed by atoms with Gasteiger partial charge in [0.1, 0.15) is 0 Å². The number of para-hydroxylation sites is 1. The third kappa shape index (κ3) is 7.10. The fraction of sp³-hybridized carbons (Fsp3) is 0.353. The molecule has 4 aromatic rings. The van der Waals surface area contributed by atoms with Crippen LogP contribution in [-0.4, -0.2) is 67.8 Å². The Kier molecular flexibility index (Phi) is 9.74. The van der Waals surface area contributed by atoms with E-state index in [1.165, 1.54) is 11.1 Å². The molecule has 218 valence electrons. The van der Waals surface area contributed by atoms with Crippen LogP contribution in [0.3, 0.4) is 0 Å². The van der Waals surface area contributed by atoms with Crippen LogP contribution in [0.15, 0.2) is 84.0 Å². The van der Waals surface area contributed by atoms with Gasteiger partial charge in [-0.3, -0.25) is 14.2 Å². The number of aromatic nitrogens is 3. The maximum atomic E-state index is 13.1. The van der Waals surface area contributed by atoms with E-state index in [0.717, 1.165) is 46.4 Å². The predicted molar refractivity (Wildman–Crippen MR) is 169 cm³/mol. The number of benzene rings is 3. The summed E-state index contributed by atoms with van der Waals surface area (Å²) in [5.74, 6) is 1.89. The first kappa shape index (κ1) is 29.6.